The monoisotopic (exact) mass is 373 g/mol. The molecular weight excluding hydrogens is 360 g/mol. The summed E-state index contributed by atoms with van der Waals surface area (Å²) in [7, 11) is 0. The van der Waals surface area contributed by atoms with Crippen LogP contribution in [0.4, 0.5) is 8.78 Å². The number of hydrogen-bond donors (Lipinski definition) is 1. The minimum Gasteiger partial charge on any atom is -0.306 e. The summed E-state index contributed by atoms with van der Waals surface area (Å²) in [6.45, 7) is 4.41. The van der Waals surface area contributed by atoms with E-state index in [0.717, 1.165) is 5.56 Å². The number of benzene rings is 2. The van der Waals surface area contributed by atoms with E-state index < -0.39 is 11.9 Å². The van der Waals surface area contributed by atoms with Gasteiger partial charge in [-0.05, 0) is 58.7 Å². The predicted molar refractivity (Wildman–Crippen MR) is 85.8 cm³/mol. The summed E-state index contributed by atoms with van der Waals surface area (Å²) in [6, 6.07) is 7.41. The van der Waals surface area contributed by atoms with E-state index in [4.69, 9.17) is 11.6 Å². The minimum atomic E-state index is -0.499. The third kappa shape index (κ3) is 3.44. The summed E-state index contributed by atoms with van der Waals surface area (Å²) in [5, 5.41) is 3.22. The molecule has 0 saturated heterocycles. The molecule has 1 N–H and O–H groups in total. The minimum absolute atomic E-state index is 0.0319. The van der Waals surface area contributed by atoms with E-state index in [9.17, 15) is 8.78 Å². The molecule has 0 heterocycles. The summed E-state index contributed by atoms with van der Waals surface area (Å²) in [4.78, 5) is 0. The summed E-state index contributed by atoms with van der Waals surface area (Å²) in [5.41, 5.74) is 1.99. The van der Waals surface area contributed by atoms with Crippen LogP contribution in [0.25, 0.3) is 0 Å². The van der Waals surface area contributed by atoms with Crippen LogP contribution in [-0.2, 0) is 0 Å². The van der Waals surface area contributed by atoms with Crippen LogP contribution < -0.4 is 5.32 Å². The zero-order valence-corrected chi connectivity index (χ0v) is 14.0. The summed E-state index contributed by atoms with van der Waals surface area (Å²) < 4.78 is 28.5. The molecule has 0 aromatic heterocycles. The van der Waals surface area contributed by atoms with Crippen LogP contribution in [0.2, 0.25) is 5.02 Å². The smallest absolute Gasteiger partial charge is 0.148 e. The van der Waals surface area contributed by atoms with Gasteiger partial charge in [-0.25, -0.2) is 8.78 Å². The van der Waals surface area contributed by atoms with Gasteiger partial charge in [0.15, 0.2) is 0 Å². The van der Waals surface area contributed by atoms with Crippen molar-refractivity contribution < 1.29 is 8.78 Å². The molecule has 0 fully saturated rings. The van der Waals surface area contributed by atoms with Gasteiger partial charge in [-0.15, -0.1) is 0 Å². The van der Waals surface area contributed by atoms with Gasteiger partial charge in [-0.3, -0.25) is 0 Å². The van der Waals surface area contributed by atoms with E-state index in [2.05, 4.69) is 21.2 Å². The number of aryl methyl sites for hydroxylation is 1. The average Bonchev–Trinajstić information content (AvgIpc) is 2.46. The van der Waals surface area contributed by atoms with Gasteiger partial charge in [0.25, 0.3) is 0 Å². The predicted octanol–water partition coefficient (Wildman–Crippen LogP) is 5.39. The molecule has 0 amide bonds. The Balaban J connectivity index is 2.59. The second kappa shape index (κ2) is 6.86. The van der Waals surface area contributed by atoms with Crippen LogP contribution in [0.15, 0.2) is 34.8 Å². The molecule has 2 rings (SSSR count). The summed E-state index contributed by atoms with van der Waals surface area (Å²) in [5.74, 6) is -0.845. The maximum atomic E-state index is 14.5. The number of hydrogen-bond acceptors (Lipinski definition) is 1. The highest BCUT2D eigenvalue weighted by molar-refractivity contribution is 9.10. The van der Waals surface area contributed by atoms with Crippen molar-refractivity contribution in [3.05, 3.63) is 68.2 Å². The van der Waals surface area contributed by atoms with E-state index in [1.807, 2.05) is 13.8 Å². The Hall–Kier alpha value is -0.970. The van der Waals surface area contributed by atoms with Crippen LogP contribution in [0.5, 0.6) is 0 Å². The molecule has 1 nitrogen and oxygen atoms in total. The normalized spacial score (nSPS) is 12.5. The van der Waals surface area contributed by atoms with Crippen molar-refractivity contribution in [3.63, 3.8) is 0 Å². The van der Waals surface area contributed by atoms with Crippen molar-refractivity contribution in [1.29, 1.82) is 0 Å². The highest BCUT2D eigenvalue weighted by Crippen LogP contribution is 2.34. The fraction of sp³-hybridized carbons (Fsp3) is 0.250. The molecule has 1 unspecified atom stereocenters. The van der Waals surface area contributed by atoms with Gasteiger partial charge in [0.05, 0.1) is 11.1 Å². The summed E-state index contributed by atoms with van der Waals surface area (Å²) in [6.07, 6.45) is 0. The van der Waals surface area contributed by atoms with Crippen molar-refractivity contribution >= 4 is 27.5 Å². The molecule has 0 spiro atoms. The SMILES string of the molecule is CCNC(c1cc(F)ccc1C)c1ccc(Br)c(Cl)c1F. The third-order valence-corrected chi connectivity index (χ3v) is 4.60. The zero-order chi connectivity index (χ0) is 15.6. The lowest BCUT2D eigenvalue weighted by Crippen LogP contribution is -2.24. The van der Waals surface area contributed by atoms with E-state index >= 15 is 0 Å². The Morgan fingerprint density at radius 1 is 1.19 bits per heavy atom. The van der Waals surface area contributed by atoms with Crippen molar-refractivity contribution in [2.24, 2.45) is 0 Å². The summed E-state index contributed by atoms with van der Waals surface area (Å²) >= 11 is 9.16. The van der Waals surface area contributed by atoms with Crippen molar-refractivity contribution in [2.45, 2.75) is 19.9 Å². The Labute approximate surface area is 136 Å². The fourth-order valence-corrected chi connectivity index (χ4v) is 2.76. The van der Waals surface area contributed by atoms with Crippen LogP contribution in [0.1, 0.15) is 29.7 Å². The topological polar surface area (TPSA) is 12.0 Å². The maximum Gasteiger partial charge on any atom is 0.148 e. The second-order valence-electron chi connectivity index (χ2n) is 4.76. The van der Waals surface area contributed by atoms with Gasteiger partial charge in [0.2, 0.25) is 0 Å². The van der Waals surface area contributed by atoms with Crippen LogP contribution in [-0.4, -0.2) is 6.54 Å². The van der Waals surface area contributed by atoms with Crippen molar-refractivity contribution in [3.8, 4) is 0 Å². The highest BCUT2D eigenvalue weighted by atomic mass is 79.9. The number of nitrogens with one attached hydrogen (secondary N) is 1. The Morgan fingerprint density at radius 2 is 1.90 bits per heavy atom. The molecule has 0 radical (unpaired) electrons. The zero-order valence-electron chi connectivity index (χ0n) is 11.7. The van der Waals surface area contributed by atoms with Gasteiger partial charge in [0, 0.05) is 10.0 Å². The lowest BCUT2D eigenvalue weighted by Gasteiger charge is -2.22. The quantitative estimate of drug-likeness (QED) is 0.708. The van der Waals surface area contributed by atoms with Crippen LogP contribution in [0.3, 0.4) is 0 Å². The molecular formula is C16H15BrClF2N. The van der Waals surface area contributed by atoms with E-state index in [1.165, 1.54) is 12.1 Å². The van der Waals surface area contributed by atoms with Crippen molar-refractivity contribution in [1.82, 2.24) is 5.32 Å². The highest BCUT2D eigenvalue weighted by Gasteiger charge is 2.21. The Kier molecular flexibility index (Phi) is 5.36. The molecule has 0 saturated carbocycles. The second-order valence-corrected chi connectivity index (χ2v) is 5.99. The first-order chi connectivity index (χ1) is 9.95. The van der Waals surface area contributed by atoms with Gasteiger partial charge < -0.3 is 5.32 Å². The van der Waals surface area contributed by atoms with Crippen molar-refractivity contribution in [2.75, 3.05) is 6.54 Å². The number of rotatable bonds is 4. The van der Waals surface area contributed by atoms with E-state index in [1.54, 1.807) is 18.2 Å². The van der Waals surface area contributed by atoms with E-state index in [-0.39, 0.29) is 10.8 Å². The first kappa shape index (κ1) is 16.4. The lowest BCUT2D eigenvalue weighted by atomic mass is 9.94. The molecule has 2 aromatic rings. The fourth-order valence-electron chi connectivity index (χ4n) is 2.28. The largest absolute Gasteiger partial charge is 0.306 e. The van der Waals surface area contributed by atoms with Crippen LogP contribution >= 0.6 is 27.5 Å². The van der Waals surface area contributed by atoms with Crippen LogP contribution in [0, 0.1) is 18.6 Å². The first-order valence-corrected chi connectivity index (χ1v) is 7.75. The van der Waals surface area contributed by atoms with E-state index in [0.29, 0.717) is 22.1 Å². The standard InChI is InChI=1S/C16H15BrClF2N/c1-3-21-16(12-8-10(19)5-4-9(12)2)11-6-7-13(17)14(18)15(11)20/h4-8,16,21H,3H2,1-2H3. The van der Waals surface area contributed by atoms with Gasteiger partial charge in [-0.2, -0.15) is 0 Å². The molecule has 0 aliphatic carbocycles. The molecule has 112 valence electrons. The molecule has 1 atom stereocenters. The molecule has 5 heteroatoms. The molecule has 0 aliphatic rings. The molecule has 0 bridgehead atoms. The molecule has 21 heavy (non-hydrogen) atoms. The average molecular weight is 375 g/mol. The van der Waals surface area contributed by atoms with Gasteiger partial charge in [0.1, 0.15) is 11.6 Å². The van der Waals surface area contributed by atoms with Gasteiger partial charge >= 0.3 is 0 Å². The lowest BCUT2D eigenvalue weighted by molar-refractivity contribution is 0.553. The Morgan fingerprint density at radius 3 is 2.57 bits per heavy atom. The third-order valence-electron chi connectivity index (χ3n) is 3.34. The Bertz CT molecular complexity index is 661. The number of halogens is 4. The maximum absolute atomic E-state index is 14.5. The van der Waals surface area contributed by atoms with Gasteiger partial charge in [-0.1, -0.05) is 30.7 Å². The molecule has 2 aromatic carbocycles. The molecule has 0 aliphatic heterocycles. The first-order valence-electron chi connectivity index (χ1n) is 6.58.